The van der Waals surface area contributed by atoms with Crippen LogP contribution in [0.2, 0.25) is 20.1 Å². The molecule has 0 N–H and O–H groups in total. The molecular weight excluding hydrogens is 454 g/mol. The SMILES string of the molecule is [N-]=[N+]=C(S(=O)(=O)c1ccc(Cl)c(Cl)c1)S(=O)(=O)c1ccc(Cl)c(Cl)c1. The van der Waals surface area contributed by atoms with Crippen LogP contribution in [0.5, 0.6) is 0 Å². The Balaban J connectivity index is 2.67. The van der Waals surface area contributed by atoms with Crippen LogP contribution in [0.25, 0.3) is 5.53 Å². The zero-order chi connectivity index (χ0) is 19.0. The van der Waals surface area contributed by atoms with Crippen LogP contribution < -0.4 is 0 Å². The molecule has 0 amide bonds. The molecule has 0 aliphatic rings. The van der Waals surface area contributed by atoms with Crippen LogP contribution in [0.4, 0.5) is 0 Å². The fourth-order valence-corrected chi connectivity index (χ4v) is 5.86. The lowest BCUT2D eigenvalue weighted by atomic mass is 10.4. The van der Waals surface area contributed by atoms with E-state index in [2.05, 4.69) is 4.79 Å². The van der Waals surface area contributed by atoms with E-state index in [1.54, 1.807) is 0 Å². The molecule has 2 aromatic carbocycles. The van der Waals surface area contributed by atoms with Crippen LogP contribution in [0, 0.1) is 0 Å². The second-order valence-electron chi connectivity index (χ2n) is 4.52. The Morgan fingerprint density at radius 3 is 1.36 bits per heavy atom. The van der Waals surface area contributed by atoms with E-state index >= 15 is 0 Å². The summed E-state index contributed by atoms with van der Waals surface area (Å²) in [6, 6.07) is 6.26. The molecule has 0 atom stereocenters. The molecule has 0 heterocycles. The molecule has 0 spiro atoms. The third-order valence-electron chi connectivity index (χ3n) is 2.94. The summed E-state index contributed by atoms with van der Waals surface area (Å²) in [5.74, 6) is 0. The van der Waals surface area contributed by atoms with Gasteiger partial charge in [0.1, 0.15) is 0 Å². The molecular formula is C13H6Cl4N2O4S2. The molecule has 0 saturated heterocycles. The predicted octanol–water partition coefficient (Wildman–Crippen LogP) is 4.13. The van der Waals surface area contributed by atoms with Crippen molar-refractivity contribution >= 4 is 70.5 Å². The van der Waals surface area contributed by atoms with Crippen LogP contribution in [0.15, 0.2) is 46.2 Å². The lowest BCUT2D eigenvalue weighted by Crippen LogP contribution is -2.26. The average molecular weight is 460 g/mol. The quantitative estimate of drug-likeness (QED) is 0.291. The molecule has 12 heteroatoms. The van der Waals surface area contributed by atoms with Crippen molar-refractivity contribution in [1.82, 2.24) is 0 Å². The summed E-state index contributed by atoms with van der Waals surface area (Å²) in [4.78, 5) is 1.45. The molecule has 2 rings (SSSR count). The minimum absolute atomic E-state index is 0.0652. The molecule has 0 aliphatic heterocycles. The fraction of sp³-hybridized carbons (Fsp3) is 0. The maximum Gasteiger partial charge on any atom is 0.504 e. The summed E-state index contributed by atoms with van der Waals surface area (Å²) in [5.41, 5.74) is 9.08. The summed E-state index contributed by atoms with van der Waals surface area (Å²) in [7, 11) is -9.45. The van der Waals surface area contributed by atoms with Crippen molar-refractivity contribution in [3.8, 4) is 0 Å². The monoisotopic (exact) mass is 458 g/mol. The Kier molecular flexibility index (Phi) is 5.85. The van der Waals surface area contributed by atoms with Gasteiger partial charge in [0, 0.05) is 0 Å². The highest BCUT2D eigenvalue weighted by Crippen LogP contribution is 2.29. The molecule has 0 bridgehead atoms. The topological polar surface area (TPSA) is 105 Å². The minimum Gasteiger partial charge on any atom is -0.359 e. The van der Waals surface area contributed by atoms with E-state index in [1.165, 1.54) is 0 Å². The number of hydrogen-bond acceptors (Lipinski definition) is 4. The van der Waals surface area contributed by atoms with Gasteiger partial charge >= 0.3 is 4.38 Å². The maximum atomic E-state index is 12.6. The Morgan fingerprint density at radius 1 is 0.720 bits per heavy atom. The first-order valence-electron chi connectivity index (χ1n) is 6.14. The highest BCUT2D eigenvalue weighted by Gasteiger charge is 2.44. The Morgan fingerprint density at radius 2 is 1.08 bits per heavy atom. The molecule has 0 aliphatic carbocycles. The molecule has 0 radical (unpaired) electrons. The summed E-state index contributed by atoms with van der Waals surface area (Å²) >= 11 is 22.9. The average Bonchev–Trinajstić information content (AvgIpc) is 2.52. The van der Waals surface area contributed by atoms with Crippen molar-refractivity contribution < 1.29 is 21.6 Å². The fourth-order valence-electron chi connectivity index (χ4n) is 1.74. The number of sulfone groups is 2. The molecule has 0 unspecified atom stereocenters. The lowest BCUT2D eigenvalue weighted by molar-refractivity contribution is 0.00380. The Hall–Kier alpha value is -1.12. The van der Waals surface area contributed by atoms with Crippen LogP contribution in [-0.4, -0.2) is 26.0 Å². The molecule has 25 heavy (non-hydrogen) atoms. The van der Waals surface area contributed by atoms with E-state index < -0.39 is 33.8 Å². The van der Waals surface area contributed by atoms with Gasteiger partial charge in [-0.1, -0.05) is 46.4 Å². The van der Waals surface area contributed by atoms with Gasteiger partial charge < -0.3 is 5.53 Å². The molecule has 0 aromatic heterocycles. The second-order valence-corrected chi connectivity index (χ2v) is 10.1. The van der Waals surface area contributed by atoms with Crippen molar-refractivity contribution in [2.45, 2.75) is 9.79 Å². The van der Waals surface area contributed by atoms with Gasteiger partial charge in [0.05, 0.1) is 29.9 Å². The lowest BCUT2D eigenvalue weighted by Gasteiger charge is -2.05. The number of halogens is 4. The van der Waals surface area contributed by atoms with Crippen LogP contribution in [0.3, 0.4) is 0 Å². The van der Waals surface area contributed by atoms with E-state index in [1.807, 2.05) is 0 Å². The highest BCUT2D eigenvalue weighted by molar-refractivity contribution is 8.31. The molecule has 0 saturated carbocycles. The van der Waals surface area contributed by atoms with Gasteiger partial charge in [-0.15, -0.1) is 4.79 Å². The van der Waals surface area contributed by atoms with Gasteiger partial charge in [0.25, 0.3) is 19.7 Å². The minimum atomic E-state index is -4.73. The van der Waals surface area contributed by atoms with E-state index in [0.29, 0.717) is 0 Å². The van der Waals surface area contributed by atoms with Gasteiger partial charge in [-0.2, -0.15) is 0 Å². The first-order valence-corrected chi connectivity index (χ1v) is 10.6. The van der Waals surface area contributed by atoms with E-state index in [-0.39, 0.29) is 20.1 Å². The standard InChI is InChI=1S/C13H6Cl4N2O4S2/c14-9-3-1-7(5-11(9)16)24(20,21)13(19-18)25(22,23)8-2-4-10(15)12(17)6-8/h1-6H. The largest absolute Gasteiger partial charge is 0.504 e. The van der Waals surface area contributed by atoms with Crippen molar-refractivity contribution in [3.05, 3.63) is 62.0 Å². The van der Waals surface area contributed by atoms with Gasteiger partial charge in [-0.25, -0.2) is 16.8 Å². The van der Waals surface area contributed by atoms with E-state index in [0.717, 1.165) is 36.4 Å². The molecule has 6 nitrogen and oxygen atoms in total. The van der Waals surface area contributed by atoms with E-state index in [4.69, 9.17) is 51.9 Å². The third-order valence-corrected chi connectivity index (χ3v) is 8.57. The number of rotatable bonds is 2. The van der Waals surface area contributed by atoms with Gasteiger partial charge in [-0.3, -0.25) is 0 Å². The van der Waals surface area contributed by atoms with Crippen molar-refractivity contribution in [2.24, 2.45) is 0 Å². The van der Waals surface area contributed by atoms with Crippen LogP contribution >= 0.6 is 46.4 Å². The van der Waals surface area contributed by atoms with E-state index in [9.17, 15) is 16.8 Å². The Bertz CT molecular complexity index is 1040. The van der Waals surface area contributed by atoms with Crippen molar-refractivity contribution in [3.63, 3.8) is 0 Å². The maximum absolute atomic E-state index is 12.6. The smallest absolute Gasteiger partial charge is 0.359 e. The second kappa shape index (κ2) is 7.25. The summed E-state index contributed by atoms with van der Waals surface area (Å²) in [5, 5.41) is -0.107. The number of nitrogens with zero attached hydrogens (tertiary/aromatic N) is 2. The van der Waals surface area contributed by atoms with Crippen molar-refractivity contribution in [2.75, 3.05) is 0 Å². The van der Waals surface area contributed by atoms with Gasteiger partial charge in [0.2, 0.25) is 0 Å². The molecule has 132 valence electrons. The third kappa shape index (κ3) is 3.85. The van der Waals surface area contributed by atoms with Gasteiger partial charge in [0.15, 0.2) is 0 Å². The predicted molar refractivity (Wildman–Crippen MR) is 95.9 cm³/mol. The molecule has 2 aromatic rings. The normalized spacial score (nSPS) is 11.8. The van der Waals surface area contributed by atoms with Crippen molar-refractivity contribution in [1.29, 1.82) is 0 Å². The first-order chi connectivity index (χ1) is 11.5. The zero-order valence-electron chi connectivity index (χ0n) is 11.8. The van der Waals surface area contributed by atoms with Gasteiger partial charge in [-0.05, 0) is 36.4 Å². The first kappa shape index (κ1) is 20.2. The number of benzene rings is 2. The Labute approximate surface area is 163 Å². The van der Waals surface area contributed by atoms with Crippen LogP contribution in [-0.2, 0) is 19.7 Å². The summed E-state index contributed by atoms with van der Waals surface area (Å²) in [6.07, 6.45) is 0. The van der Waals surface area contributed by atoms with Crippen LogP contribution in [0.1, 0.15) is 0 Å². The highest BCUT2D eigenvalue weighted by atomic mass is 35.5. The summed E-state index contributed by atoms with van der Waals surface area (Å²) in [6.45, 7) is 0. The number of hydrogen-bond donors (Lipinski definition) is 0. The molecule has 0 fully saturated rings. The zero-order valence-corrected chi connectivity index (χ0v) is 16.5. The summed E-state index contributed by atoms with van der Waals surface area (Å²) < 4.78 is 48.8.